The first-order valence-corrected chi connectivity index (χ1v) is 10.7. The molecule has 0 aliphatic carbocycles. The molecule has 0 spiro atoms. The Hall–Kier alpha value is -2.62. The van der Waals surface area contributed by atoms with Gasteiger partial charge in [-0.15, -0.1) is 0 Å². The molecule has 0 N–H and O–H groups in total. The van der Waals surface area contributed by atoms with Crippen LogP contribution in [0.2, 0.25) is 0 Å². The van der Waals surface area contributed by atoms with Gasteiger partial charge in [-0.05, 0) is 43.5 Å². The van der Waals surface area contributed by atoms with Crippen LogP contribution in [0.1, 0.15) is 79.5 Å². The predicted molar refractivity (Wildman–Crippen MR) is 115 cm³/mol. The molecule has 2 aromatic rings. The highest BCUT2D eigenvalue weighted by Gasteiger charge is 2.23. The molecular formula is C25H32O4. The molecule has 0 aliphatic rings. The average Bonchev–Trinajstić information content (AvgIpc) is 2.75. The molecule has 2 unspecified atom stereocenters. The van der Waals surface area contributed by atoms with Crippen LogP contribution in [0.15, 0.2) is 60.7 Å². The molecule has 0 radical (unpaired) electrons. The highest BCUT2D eigenvalue weighted by Crippen LogP contribution is 2.20. The molecule has 0 heterocycles. The SMILES string of the molecule is CCCCCC(CC(CCC)OC(=O)c1ccccc1)OC(=O)c1ccccc1. The van der Waals surface area contributed by atoms with Gasteiger partial charge in [-0.2, -0.15) is 0 Å². The molecule has 4 heteroatoms. The van der Waals surface area contributed by atoms with Crippen LogP contribution < -0.4 is 0 Å². The maximum atomic E-state index is 12.5. The van der Waals surface area contributed by atoms with E-state index in [1.807, 2.05) is 36.4 Å². The van der Waals surface area contributed by atoms with Gasteiger partial charge in [0.1, 0.15) is 12.2 Å². The van der Waals surface area contributed by atoms with Crippen LogP contribution in [0.5, 0.6) is 0 Å². The Kier molecular flexibility index (Phi) is 9.98. The number of benzene rings is 2. The van der Waals surface area contributed by atoms with E-state index in [-0.39, 0.29) is 24.1 Å². The van der Waals surface area contributed by atoms with E-state index in [1.165, 1.54) is 0 Å². The molecule has 0 aliphatic heterocycles. The summed E-state index contributed by atoms with van der Waals surface area (Å²) >= 11 is 0. The maximum absolute atomic E-state index is 12.5. The van der Waals surface area contributed by atoms with Gasteiger partial charge in [0.2, 0.25) is 0 Å². The minimum atomic E-state index is -0.328. The molecule has 0 fully saturated rings. The van der Waals surface area contributed by atoms with Crippen LogP contribution in [0.25, 0.3) is 0 Å². The number of hydrogen-bond acceptors (Lipinski definition) is 4. The van der Waals surface area contributed by atoms with Crippen molar-refractivity contribution in [2.75, 3.05) is 0 Å². The quantitative estimate of drug-likeness (QED) is 0.316. The van der Waals surface area contributed by atoms with Gasteiger partial charge in [0.15, 0.2) is 0 Å². The Balaban J connectivity index is 2.04. The van der Waals surface area contributed by atoms with Crippen molar-refractivity contribution >= 4 is 11.9 Å². The van der Waals surface area contributed by atoms with E-state index in [9.17, 15) is 9.59 Å². The zero-order valence-corrected chi connectivity index (χ0v) is 17.5. The molecule has 2 atom stereocenters. The second kappa shape index (κ2) is 12.8. The normalized spacial score (nSPS) is 12.8. The lowest BCUT2D eigenvalue weighted by Gasteiger charge is -2.24. The molecule has 0 amide bonds. The standard InChI is InChI=1S/C25H32O4/c1-3-5-8-18-23(29-25(27)21-16-11-7-12-17-21)19-22(13-4-2)28-24(26)20-14-9-6-10-15-20/h6-7,9-12,14-17,22-23H,3-5,8,13,18-19H2,1-2H3. The largest absolute Gasteiger partial charge is 0.459 e. The van der Waals surface area contributed by atoms with Crippen molar-refractivity contribution in [2.45, 2.75) is 71.0 Å². The molecule has 29 heavy (non-hydrogen) atoms. The van der Waals surface area contributed by atoms with Crippen molar-refractivity contribution in [3.63, 3.8) is 0 Å². The summed E-state index contributed by atoms with van der Waals surface area (Å²) in [4.78, 5) is 25.0. The summed E-state index contributed by atoms with van der Waals surface area (Å²) in [6, 6.07) is 18.0. The highest BCUT2D eigenvalue weighted by molar-refractivity contribution is 5.90. The molecule has 156 valence electrons. The first kappa shape index (κ1) is 22.7. The Morgan fingerprint density at radius 2 is 1.17 bits per heavy atom. The van der Waals surface area contributed by atoms with Crippen molar-refractivity contribution in [1.29, 1.82) is 0 Å². The lowest BCUT2D eigenvalue weighted by atomic mass is 10.0. The van der Waals surface area contributed by atoms with E-state index < -0.39 is 0 Å². The summed E-state index contributed by atoms with van der Waals surface area (Å²) in [5.41, 5.74) is 1.08. The summed E-state index contributed by atoms with van der Waals surface area (Å²) < 4.78 is 11.6. The van der Waals surface area contributed by atoms with Crippen LogP contribution in [-0.2, 0) is 9.47 Å². The van der Waals surface area contributed by atoms with Gasteiger partial charge in [0.05, 0.1) is 11.1 Å². The van der Waals surface area contributed by atoms with Crippen LogP contribution in [0, 0.1) is 0 Å². The van der Waals surface area contributed by atoms with Gasteiger partial charge in [-0.25, -0.2) is 9.59 Å². The monoisotopic (exact) mass is 396 g/mol. The Bertz CT molecular complexity index is 727. The van der Waals surface area contributed by atoms with Gasteiger partial charge in [-0.3, -0.25) is 0 Å². The van der Waals surface area contributed by atoms with E-state index in [0.29, 0.717) is 17.5 Å². The lowest BCUT2D eigenvalue weighted by Crippen LogP contribution is -2.27. The second-order valence-electron chi connectivity index (χ2n) is 7.31. The Morgan fingerprint density at radius 1 is 0.690 bits per heavy atom. The van der Waals surface area contributed by atoms with E-state index in [1.54, 1.807) is 24.3 Å². The van der Waals surface area contributed by atoms with Gasteiger partial charge in [0, 0.05) is 6.42 Å². The zero-order chi connectivity index (χ0) is 20.9. The Morgan fingerprint density at radius 3 is 1.62 bits per heavy atom. The summed E-state index contributed by atoms with van der Waals surface area (Å²) in [6.45, 7) is 4.21. The first-order valence-electron chi connectivity index (χ1n) is 10.7. The first-order chi connectivity index (χ1) is 14.1. The van der Waals surface area contributed by atoms with Crippen LogP contribution in [-0.4, -0.2) is 24.1 Å². The smallest absolute Gasteiger partial charge is 0.338 e. The average molecular weight is 397 g/mol. The second-order valence-corrected chi connectivity index (χ2v) is 7.31. The van der Waals surface area contributed by atoms with Crippen LogP contribution in [0.3, 0.4) is 0 Å². The summed E-state index contributed by atoms with van der Waals surface area (Å²) in [7, 11) is 0. The van der Waals surface area contributed by atoms with Crippen molar-refractivity contribution in [3.05, 3.63) is 71.8 Å². The summed E-state index contributed by atoms with van der Waals surface area (Å²) in [6.07, 6.45) is 5.55. The third kappa shape index (κ3) is 8.10. The van der Waals surface area contributed by atoms with Crippen LogP contribution >= 0.6 is 0 Å². The third-order valence-electron chi connectivity index (χ3n) is 4.83. The minimum absolute atomic E-state index is 0.269. The highest BCUT2D eigenvalue weighted by atomic mass is 16.6. The fourth-order valence-electron chi connectivity index (χ4n) is 3.27. The molecule has 2 aromatic carbocycles. The van der Waals surface area contributed by atoms with E-state index >= 15 is 0 Å². The topological polar surface area (TPSA) is 52.6 Å². The van der Waals surface area contributed by atoms with Crippen molar-refractivity contribution < 1.29 is 19.1 Å². The lowest BCUT2D eigenvalue weighted by molar-refractivity contribution is -0.00452. The fraction of sp³-hybridized carbons (Fsp3) is 0.440. The zero-order valence-electron chi connectivity index (χ0n) is 17.5. The van der Waals surface area contributed by atoms with Crippen molar-refractivity contribution in [1.82, 2.24) is 0 Å². The van der Waals surface area contributed by atoms with E-state index in [4.69, 9.17) is 9.47 Å². The molecule has 0 saturated heterocycles. The van der Waals surface area contributed by atoms with Gasteiger partial charge >= 0.3 is 11.9 Å². The van der Waals surface area contributed by atoms with E-state index in [2.05, 4.69) is 13.8 Å². The minimum Gasteiger partial charge on any atom is -0.459 e. The number of esters is 2. The molecule has 0 bridgehead atoms. The number of rotatable bonds is 12. The third-order valence-corrected chi connectivity index (χ3v) is 4.83. The van der Waals surface area contributed by atoms with Gasteiger partial charge in [0.25, 0.3) is 0 Å². The number of hydrogen-bond donors (Lipinski definition) is 0. The fourth-order valence-corrected chi connectivity index (χ4v) is 3.27. The molecular weight excluding hydrogens is 364 g/mol. The van der Waals surface area contributed by atoms with Crippen molar-refractivity contribution in [2.24, 2.45) is 0 Å². The number of carbonyl (C=O) groups is 2. The molecule has 2 rings (SSSR count). The number of ether oxygens (including phenoxy) is 2. The predicted octanol–water partition coefficient (Wildman–Crippen LogP) is 6.21. The molecule has 4 nitrogen and oxygen atoms in total. The molecule has 0 saturated carbocycles. The van der Waals surface area contributed by atoms with Gasteiger partial charge in [-0.1, -0.05) is 69.5 Å². The number of carbonyl (C=O) groups excluding carboxylic acids is 2. The van der Waals surface area contributed by atoms with Gasteiger partial charge < -0.3 is 9.47 Å². The maximum Gasteiger partial charge on any atom is 0.338 e. The summed E-state index contributed by atoms with van der Waals surface area (Å²) in [5, 5.41) is 0. The van der Waals surface area contributed by atoms with Crippen LogP contribution in [0.4, 0.5) is 0 Å². The summed E-state index contributed by atoms with van der Waals surface area (Å²) in [5.74, 6) is -0.650. The number of unbranched alkanes of at least 4 members (excludes halogenated alkanes) is 2. The van der Waals surface area contributed by atoms with Crippen molar-refractivity contribution in [3.8, 4) is 0 Å². The molecule has 0 aromatic heterocycles. The van der Waals surface area contributed by atoms with E-state index in [0.717, 1.165) is 38.5 Å². The Labute approximate surface area is 174 Å².